The van der Waals surface area contributed by atoms with Gasteiger partial charge in [0, 0.05) is 6.61 Å². The van der Waals surface area contributed by atoms with Crippen LogP contribution in [0.4, 0.5) is 0 Å². The lowest BCUT2D eigenvalue weighted by Crippen LogP contribution is -2.40. The van der Waals surface area contributed by atoms with Crippen LogP contribution in [0.3, 0.4) is 0 Å². The maximum Gasteiger partial charge on any atom is 0.254 e. The van der Waals surface area contributed by atoms with Gasteiger partial charge >= 0.3 is 0 Å². The molecule has 1 aliphatic heterocycles. The molecule has 1 amide bonds. The molecule has 1 N–H and O–H groups in total. The number of nitrogens with one attached hydrogen (secondary N) is 1. The number of hydrogen-bond acceptors (Lipinski definition) is 3. The molecule has 1 aromatic heterocycles. The lowest BCUT2D eigenvalue weighted by molar-refractivity contribution is 0.0624. The topological polar surface area (TPSA) is 51.5 Å². The fourth-order valence-corrected chi connectivity index (χ4v) is 1.52. The Labute approximate surface area is 82.2 Å². The van der Waals surface area contributed by atoms with E-state index >= 15 is 0 Å². The van der Waals surface area contributed by atoms with Crippen molar-refractivity contribution in [2.24, 2.45) is 0 Å². The summed E-state index contributed by atoms with van der Waals surface area (Å²) < 4.78 is 10.1. The number of amides is 1. The maximum atomic E-state index is 11.5. The zero-order valence-electron chi connectivity index (χ0n) is 7.86. The van der Waals surface area contributed by atoms with E-state index in [9.17, 15) is 4.79 Å². The van der Waals surface area contributed by atoms with Crippen molar-refractivity contribution in [2.45, 2.75) is 18.9 Å². The summed E-state index contributed by atoms with van der Waals surface area (Å²) in [5.41, 5.74) is 0.565. The Morgan fingerprint density at radius 2 is 2.50 bits per heavy atom. The smallest absolute Gasteiger partial charge is 0.254 e. The molecule has 1 unspecified atom stereocenters. The van der Waals surface area contributed by atoms with Crippen LogP contribution in [0.15, 0.2) is 23.0 Å². The van der Waals surface area contributed by atoms with Gasteiger partial charge in [-0.2, -0.15) is 0 Å². The number of rotatable bonds is 2. The van der Waals surface area contributed by atoms with Gasteiger partial charge in [0.15, 0.2) is 0 Å². The highest BCUT2D eigenvalue weighted by atomic mass is 16.5. The second-order valence-corrected chi connectivity index (χ2v) is 3.40. The summed E-state index contributed by atoms with van der Waals surface area (Å²) in [6.07, 6.45) is 4.94. The molecule has 1 fully saturated rings. The maximum absolute atomic E-state index is 11.5. The van der Waals surface area contributed by atoms with Gasteiger partial charge in [-0.15, -0.1) is 0 Å². The quantitative estimate of drug-likeness (QED) is 0.771. The van der Waals surface area contributed by atoms with Gasteiger partial charge < -0.3 is 14.5 Å². The summed E-state index contributed by atoms with van der Waals surface area (Å²) in [5, 5.41) is 2.90. The highest BCUT2D eigenvalue weighted by Crippen LogP contribution is 2.07. The van der Waals surface area contributed by atoms with E-state index in [0.29, 0.717) is 12.2 Å². The molecule has 0 spiro atoms. The van der Waals surface area contributed by atoms with Gasteiger partial charge in [0.25, 0.3) is 5.91 Å². The zero-order valence-corrected chi connectivity index (χ0v) is 7.86. The number of hydrogen-bond donors (Lipinski definition) is 1. The molecule has 1 saturated heterocycles. The third-order valence-corrected chi connectivity index (χ3v) is 2.28. The first-order valence-electron chi connectivity index (χ1n) is 4.77. The first-order chi connectivity index (χ1) is 6.86. The molecule has 2 heterocycles. The van der Waals surface area contributed by atoms with Crippen molar-refractivity contribution in [3.8, 4) is 0 Å². The molecule has 14 heavy (non-hydrogen) atoms. The van der Waals surface area contributed by atoms with E-state index < -0.39 is 0 Å². The van der Waals surface area contributed by atoms with Crippen LogP contribution in [0, 0.1) is 0 Å². The summed E-state index contributed by atoms with van der Waals surface area (Å²) in [5.74, 6) is -0.0887. The molecular formula is C10H13NO3. The lowest BCUT2D eigenvalue weighted by Gasteiger charge is -2.22. The van der Waals surface area contributed by atoms with Gasteiger partial charge in [-0.05, 0) is 18.9 Å². The monoisotopic (exact) mass is 195 g/mol. The van der Waals surface area contributed by atoms with Crippen molar-refractivity contribution >= 4 is 5.91 Å². The van der Waals surface area contributed by atoms with Crippen LogP contribution in [-0.2, 0) is 4.74 Å². The molecule has 1 atom stereocenters. The summed E-state index contributed by atoms with van der Waals surface area (Å²) in [7, 11) is 0. The highest BCUT2D eigenvalue weighted by molar-refractivity contribution is 5.93. The average Bonchev–Trinajstić information content (AvgIpc) is 2.72. The van der Waals surface area contributed by atoms with Crippen LogP contribution >= 0.6 is 0 Å². The minimum absolute atomic E-state index is 0.0887. The predicted molar refractivity (Wildman–Crippen MR) is 50.0 cm³/mol. The van der Waals surface area contributed by atoms with Crippen LogP contribution < -0.4 is 5.32 Å². The van der Waals surface area contributed by atoms with Crippen LogP contribution in [0.2, 0.25) is 0 Å². The molecule has 2 rings (SSSR count). The Kier molecular flexibility index (Phi) is 2.84. The van der Waals surface area contributed by atoms with Crippen LogP contribution in [0.25, 0.3) is 0 Å². The molecular weight excluding hydrogens is 182 g/mol. The third kappa shape index (κ3) is 2.14. The summed E-state index contributed by atoms with van der Waals surface area (Å²) >= 11 is 0. The molecule has 1 aromatic rings. The minimum Gasteiger partial charge on any atom is -0.472 e. The lowest BCUT2D eigenvalue weighted by atomic mass is 10.1. The third-order valence-electron chi connectivity index (χ3n) is 2.28. The zero-order chi connectivity index (χ0) is 9.80. The fraction of sp³-hybridized carbons (Fsp3) is 0.500. The molecule has 1 aliphatic rings. The van der Waals surface area contributed by atoms with E-state index in [4.69, 9.17) is 9.15 Å². The Hall–Kier alpha value is -1.29. The van der Waals surface area contributed by atoms with E-state index in [1.165, 1.54) is 12.5 Å². The highest BCUT2D eigenvalue weighted by Gasteiger charge is 2.17. The molecule has 0 saturated carbocycles. The van der Waals surface area contributed by atoms with Crippen molar-refractivity contribution in [1.29, 1.82) is 0 Å². The van der Waals surface area contributed by atoms with E-state index in [0.717, 1.165) is 19.4 Å². The van der Waals surface area contributed by atoms with Gasteiger partial charge in [-0.3, -0.25) is 4.79 Å². The van der Waals surface area contributed by atoms with Gasteiger partial charge in [-0.25, -0.2) is 0 Å². The van der Waals surface area contributed by atoms with Crippen LogP contribution in [0.5, 0.6) is 0 Å². The molecule has 4 heteroatoms. The largest absolute Gasteiger partial charge is 0.472 e. The molecule has 0 radical (unpaired) electrons. The van der Waals surface area contributed by atoms with Gasteiger partial charge in [0.05, 0.1) is 24.5 Å². The van der Waals surface area contributed by atoms with Crippen molar-refractivity contribution < 1.29 is 13.9 Å². The summed E-state index contributed by atoms with van der Waals surface area (Å²) in [6, 6.07) is 1.80. The van der Waals surface area contributed by atoms with E-state index in [2.05, 4.69) is 5.32 Å². The van der Waals surface area contributed by atoms with Crippen LogP contribution in [0.1, 0.15) is 23.2 Å². The van der Waals surface area contributed by atoms with Crippen molar-refractivity contribution in [3.05, 3.63) is 24.2 Å². The van der Waals surface area contributed by atoms with Crippen molar-refractivity contribution in [1.82, 2.24) is 5.32 Å². The standard InChI is InChI=1S/C10H13NO3/c12-10(8-3-5-14-6-8)11-9-2-1-4-13-7-9/h3,5-6,9H,1-2,4,7H2,(H,11,12). The van der Waals surface area contributed by atoms with E-state index in [-0.39, 0.29) is 11.9 Å². The Bertz CT molecular complexity index is 288. The van der Waals surface area contributed by atoms with Crippen molar-refractivity contribution in [2.75, 3.05) is 13.2 Å². The summed E-state index contributed by atoms with van der Waals surface area (Å²) in [4.78, 5) is 11.5. The number of carbonyl (C=O) groups excluding carboxylic acids is 1. The minimum atomic E-state index is -0.0887. The van der Waals surface area contributed by atoms with Crippen LogP contribution in [-0.4, -0.2) is 25.2 Å². The van der Waals surface area contributed by atoms with Gasteiger partial charge in [0.1, 0.15) is 6.26 Å². The Balaban J connectivity index is 1.87. The second kappa shape index (κ2) is 4.28. The van der Waals surface area contributed by atoms with Crippen molar-refractivity contribution in [3.63, 3.8) is 0 Å². The first-order valence-corrected chi connectivity index (χ1v) is 4.77. The van der Waals surface area contributed by atoms with Gasteiger partial charge in [0.2, 0.25) is 0 Å². The first kappa shape index (κ1) is 9.27. The number of carbonyl (C=O) groups is 1. The SMILES string of the molecule is O=C(NC1CCCOC1)c1ccoc1. The molecule has 0 aliphatic carbocycles. The fourth-order valence-electron chi connectivity index (χ4n) is 1.52. The molecule has 0 aromatic carbocycles. The average molecular weight is 195 g/mol. The predicted octanol–water partition coefficient (Wildman–Crippen LogP) is 1.19. The van der Waals surface area contributed by atoms with Gasteiger partial charge in [-0.1, -0.05) is 0 Å². The molecule has 4 nitrogen and oxygen atoms in total. The Morgan fingerprint density at radius 1 is 1.57 bits per heavy atom. The molecule has 76 valence electrons. The molecule has 0 bridgehead atoms. The van der Waals surface area contributed by atoms with E-state index in [1.54, 1.807) is 6.07 Å². The number of furan rings is 1. The number of ether oxygens (including phenoxy) is 1. The second-order valence-electron chi connectivity index (χ2n) is 3.40. The normalized spacial score (nSPS) is 21.9. The van der Waals surface area contributed by atoms with E-state index in [1.807, 2.05) is 0 Å². The summed E-state index contributed by atoms with van der Waals surface area (Å²) in [6.45, 7) is 1.42. The Morgan fingerprint density at radius 3 is 3.14 bits per heavy atom.